The van der Waals surface area contributed by atoms with E-state index in [-0.39, 0.29) is 16.8 Å². The number of carbonyl (C=O) groups is 1. The smallest absolute Gasteiger partial charge is 0.254 e. The number of aromatic nitrogens is 1. The number of pyridine rings is 1. The molecule has 0 fully saturated rings. The third-order valence-electron chi connectivity index (χ3n) is 5.92. The van der Waals surface area contributed by atoms with Gasteiger partial charge in [0.1, 0.15) is 0 Å². The van der Waals surface area contributed by atoms with Gasteiger partial charge in [-0.1, -0.05) is 18.2 Å². The first-order chi connectivity index (χ1) is 15.2. The first kappa shape index (κ1) is 23.9. The fourth-order valence-electron chi connectivity index (χ4n) is 3.69. The molecule has 0 aliphatic heterocycles. The van der Waals surface area contributed by atoms with Crippen LogP contribution in [0.2, 0.25) is 0 Å². The fraction of sp³-hybridized carbons (Fsp3) is 0.417. The van der Waals surface area contributed by atoms with Crippen molar-refractivity contribution in [3.8, 4) is 0 Å². The Bertz CT molecular complexity index is 1070. The summed E-state index contributed by atoms with van der Waals surface area (Å²) in [4.78, 5) is 19.3. The second-order valence-electron chi connectivity index (χ2n) is 8.41. The van der Waals surface area contributed by atoms with Gasteiger partial charge in [0.05, 0.1) is 16.6 Å². The van der Waals surface area contributed by atoms with E-state index in [0.717, 1.165) is 35.8 Å². The predicted molar refractivity (Wildman–Crippen MR) is 127 cm³/mol. The molecule has 1 heterocycles. The summed E-state index contributed by atoms with van der Waals surface area (Å²) in [5.41, 5.74) is 1.72. The molecule has 0 radical (unpaired) electrons. The van der Waals surface area contributed by atoms with E-state index >= 15 is 0 Å². The second-order valence-corrected chi connectivity index (χ2v) is 10.6. The van der Waals surface area contributed by atoms with Crippen LogP contribution in [0.5, 0.6) is 0 Å². The van der Waals surface area contributed by atoms with Gasteiger partial charge in [0.15, 0.2) is 0 Å². The van der Waals surface area contributed by atoms with Crippen LogP contribution in [0, 0.1) is 5.92 Å². The van der Waals surface area contributed by atoms with Crippen LogP contribution >= 0.6 is 0 Å². The van der Waals surface area contributed by atoms with Crippen LogP contribution in [0.1, 0.15) is 48.3 Å². The normalized spacial score (nSPS) is 17.2. The SMILES string of the molecule is CC(c1ccccn1)N(C)C(=O)c1cc(NCC2CC=CCC2)cc(S(=O)(=O)N(C)C)c1. The second kappa shape index (κ2) is 10.3. The number of rotatable bonds is 8. The molecule has 7 nitrogen and oxygen atoms in total. The number of nitrogens with one attached hydrogen (secondary N) is 1. The van der Waals surface area contributed by atoms with Gasteiger partial charge < -0.3 is 10.2 Å². The number of carbonyl (C=O) groups excluding carboxylic acids is 1. The lowest BCUT2D eigenvalue weighted by atomic mass is 9.94. The van der Waals surface area contributed by atoms with E-state index in [2.05, 4.69) is 22.5 Å². The maximum absolute atomic E-state index is 13.3. The zero-order valence-corrected chi connectivity index (χ0v) is 20.0. The Labute approximate surface area is 191 Å². The molecule has 1 aromatic heterocycles. The molecule has 8 heteroatoms. The summed E-state index contributed by atoms with van der Waals surface area (Å²) in [6, 6.07) is 10.1. The van der Waals surface area contributed by atoms with Crippen molar-refractivity contribution < 1.29 is 13.2 Å². The summed E-state index contributed by atoms with van der Waals surface area (Å²) in [5, 5.41) is 3.36. The zero-order chi connectivity index (χ0) is 23.3. The maximum Gasteiger partial charge on any atom is 0.254 e. The highest BCUT2D eigenvalue weighted by Crippen LogP contribution is 2.26. The van der Waals surface area contributed by atoms with Gasteiger partial charge in [-0.2, -0.15) is 0 Å². The molecular formula is C24H32N4O3S. The van der Waals surface area contributed by atoms with Crippen molar-refractivity contribution in [1.29, 1.82) is 0 Å². The van der Waals surface area contributed by atoms with Crippen molar-refractivity contribution in [2.24, 2.45) is 5.92 Å². The lowest BCUT2D eigenvalue weighted by molar-refractivity contribution is 0.0739. The van der Waals surface area contributed by atoms with E-state index in [1.54, 1.807) is 30.3 Å². The minimum Gasteiger partial charge on any atom is -0.385 e. The molecule has 32 heavy (non-hydrogen) atoms. The predicted octanol–water partition coefficient (Wildman–Crippen LogP) is 3.93. The molecule has 3 rings (SSSR count). The molecule has 1 aliphatic carbocycles. The van der Waals surface area contributed by atoms with Crippen LogP contribution in [-0.4, -0.2) is 56.2 Å². The number of hydrogen-bond donors (Lipinski definition) is 1. The summed E-state index contributed by atoms with van der Waals surface area (Å²) < 4.78 is 26.8. The van der Waals surface area contributed by atoms with Crippen LogP contribution in [0.4, 0.5) is 5.69 Å². The Balaban J connectivity index is 1.90. The summed E-state index contributed by atoms with van der Waals surface area (Å²) in [7, 11) is 0.980. The van der Waals surface area contributed by atoms with E-state index in [1.165, 1.54) is 20.2 Å². The summed E-state index contributed by atoms with van der Waals surface area (Å²) in [6.45, 7) is 2.63. The quantitative estimate of drug-likeness (QED) is 0.609. The molecule has 1 N–H and O–H groups in total. The lowest BCUT2D eigenvalue weighted by Crippen LogP contribution is -2.30. The molecular weight excluding hydrogens is 424 g/mol. The van der Waals surface area contributed by atoms with Gasteiger partial charge in [0.2, 0.25) is 10.0 Å². The molecule has 1 amide bonds. The average molecular weight is 457 g/mol. The first-order valence-corrected chi connectivity index (χ1v) is 12.3. The summed E-state index contributed by atoms with van der Waals surface area (Å²) in [6.07, 6.45) is 9.22. The third-order valence-corrected chi connectivity index (χ3v) is 7.71. The number of allylic oxidation sites excluding steroid dienone is 2. The Morgan fingerprint density at radius 2 is 1.97 bits per heavy atom. The Hall–Kier alpha value is -2.71. The standard InChI is InChI=1S/C24H32N4O3S/c1-18(23-12-8-9-13-25-23)28(4)24(29)20-14-21(26-17-19-10-6-5-7-11-19)16-22(15-20)32(30,31)27(2)3/h5-6,8-9,12-16,18-19,26H,7,10-11,17H2,1-4H3. The van der Waals surface area contributed by atoms with Gasteiger partial charge in [-0.05, 0) is 62.4 Å². The minimum absolute atomic E-state index is 0.0956. The van der Waals surface area contributed by atoms with Crippen LogP contribution in [-0.2, 0) is 10.0 Å². The van der Waals surface area contributed by atoms with Crippen molar-refractivity contribution in [3.05, 3.63) is 66.0 Å². The zero-order valence-electron chi connectivity index (χ0n) is 19.2. The molecule has 0 spiro atoms. The van der Waals surface area contributed by atoms with Crippen LogP contribution in [0.3, 0.4) is 0 Å². The van der Waals surface area contributed by atoms with E-state index in [9.17, 15) is 13.2 Å². The highest BCUT2D eigenvalue weighted by Gasteiger charge is 2.24. The van der Waals surface area contributed by atoms with Gasteiger partial charge in [-0.3, -0.25) is 9.78 Å². The largest absolute Gasteiger partial charge is 0.385 e. The summed E-state index contributed by atoms with van der Waals surface area (Å²) in [5.74, 6) is 0.225. The van der Waals surface area contributed by atoms with Crippen molar-refractivity contribution in [2.45, 2.75) is 37.1 Å². The Kier molecular flexibility index (Phi) is 7.69. The molecule has 0 bridgehead atoms. The molecule has 0 saturated carbocycles. The minimum atomic E-state index is -3.70. The fourth-order valence-corrected chi connectivity index (χ4v) is 4.66. The lowest BCUT2D eigenvalue weighted by Gasteiger charge is -2.25. The van der Waals surface area contributed by atoms with Gasteiger partial charge in [0.25, 0.3) is 5.91 Å². The number of anilines is 1. The number of amides is 1. The van der Waals surface area contributed by atoms with Gasteiger partial charge in [0, 0.05) is 45.1 Å². The Morgan fingerprint density at radius 3 is 2.59 bits per heavy atom. The van der Waals surface area contributed by atoms with Crippen molar-refractivity contribution in [2.75, 3.05) is 33.0 Å². The van der Waals surface area contributed by atoms with E-state index in [4.69, 9.17) is 0 Å². The molecule has 1 aliphatic rings. The van der Waals surface area contributed by atoms with Crippen LogP contribution in [0.15, 0.2) is 59.6 Å². The van der Waals surface area contributed by atoms with E-state index < -0.39 is 10.0 Å². The highest BCUT2D eigenvalue weighted by molar-refractivity contribution is 7.89. The maximum atomic E-state index is 13.3. The molecule has 2 atom stereocenters. The van der Waals surface area contributed by atoms with Crippen molar-refractivity contribution in [3.63, 3.8) is 0 Å². The topological polar surface area (TPSA) is 82.6 Å². The molecule has 2 aromatic rings. The Morgan fingerprint density at radius 1 is 1.19 bits per heavy atom. The van der Waals surface area contributed by atoms with E-state index in [0.29, 0.717) is 17.2 Å². The number of nitrogens with zero attached hydrogens (tertiary/aromatic N) is 3. The molecule has 0 saturated heterocycles. The van der Waals surface area contributed by atoms with Crippen molar-refractivity contribution in [1.82, 2.24) is 14.2 Å². The average Bonchev–Trinajstić information content (AvgIpc) is 2.82. The van der Waals surface area contributed by atoms with Gasteiger partial charge in [-0.25, -0.2) is 12.7 Å². The molecule has 172 valence electrons. The van der Waals surface area contributed by atoms with E-state index in [1.807, 2.05) is 25.1 Å². The third kappa shape index (κ3) is 5.55. The number of benzene rings is 1. The van der Waals surface area contributed by atoms with Crippen molar-refractivity contribution >= 4 is 21.6 Å². The molecule has 2 unspecified atom stereocenters. The monoisotopic (exact) mass is 456 g/mol. The van der Waals surface area contributed by atoms with Crippen LogP contribution in [0.25, 0.3) is 0 Å². The molecule has 1 aromatic carbocycles. The van der Waals surface area contributed by atoms with Gasteiger partial charge >= 0.3 is 0 Å². The summed E-state index contributed by atoms with van der Waals surface area (Å²) >= 11 is 0. The first-order valence-electron chi connectivity index (χ1n) is 10.8. The highest BCUT2D eigenvalue weighted by atomic mass is 32.2. The number of hydrogen-bond acceptors (Lipinski definition) is 5. The number of sulfonamides is 1. The van der Waals surface area contributed by atoms with Crippen LogP contribution < -0.4 is 5.32 Å². The van der Waals surface area contributed by atoms with Gasteiger partial charge in [-0.15, -0.1) is 0 Å².